The van der Waals surface area contributed by atoms with Crippen molar-refractivity contribution in [2.45, 2.75) is 66.2 Å². The van der Waals surface area contributed by atoms with E-state index in [4.69, 9.17) is 0 Å². The van der Waals surface area contributed by atoms with Crippen molar-refractivity contribution in [3.63, 3.8) is 0 Å². The molecule has 74 heavy (non-hydrogen) atoms. The van der Waals surface area contributed by atoms with Crippen LogP contribution in [0, 0.1) is 27.7 Å². The Morgan fingerprint density at radius 2 is 0.662 bits per heavy atom. The molecule has 13 aromatic rings. The van der Waals surface area contributed by atoms with Crippen molar-refractivity contribution in [3.05, 3.63) is 239 Å². The Morgan fingerprint density at radius 1 is 0.297 bits per heavy atom. The zero-order chi connectivity index (χ0) is 50.1. The van der Waals surface area contributed by atoms with E-state index in [9.17, 15) is 0 Å². The van der Waals surface area contributed by atoms with Crippen LogP contribution < -0.4 is 0 Å². The molecule has 0 atom stereocenters. The Labute approximate surface area is 432 Å². The van der Waals surface area contributed by atoms with Gasteiger partial charge in [0, 0.05) is 44.4 Å². The van der Waals surface area contributed by atoms with E-state index in [1.54, 1.807) is 0 Å². The third-order valence-corrected chi connectivity index (χ3v) is 18.1. The predicted molar refractivity (Wildman–Crippen MR) is 315 cm³/mol. The van der Waals surface area contributed by atoms with Crippen LogP contribution in [0.5, 0.6) is 0 Å². The van der Waals surface area contributed by atoms with Crippen LogP contribution in [0.3, 0.4) is 0 Å². The molecule has 2 aliphatic carbocycles. The van der Waals surface area contributed by atoms with Gasteiger partial charge < -0.3 is 9.13 Å². The summed E-state index contributed by atoms with van der Waals surface area (Å²) in [5.41, 5.74) is 25.7. The minimum Gasteiger partial charge on any atom is -0.314 e. The highest BCUT2D eigenvalue weighted by Gasteiger charge is 2.37. The summed E-state index contributed by atoms with van der Waals surface area (Å²) in [6.45, 7) is 18.8. The summed E-state index contributed by atoms with van der Waals surface area (Å²) >= 11 is 0. The molecule has 2 nitrogen and oxygen atoms in total. The summed E-state index contributed by atoms with van der Waals surface area (Å²) < 4.78 is 5.08. The maximum atomic E-state index is 2.55. The Hall–Kier alpha value is -8.46. The smallest absolute Gasteiger partial charge is 0.0540 e. The minimum absolute atomic E-state index is 0.110. The molecule has 2 heteroatoms. The second-order valence-corrected chi connectivity index (χ2v) is 22.6. The van der Waals surface area contributed by atoms with Crippen LogP contribution in [-0.2, 0) is 10.8 Å². The molecular weight excluding hydrogens is 893 g/mol. The van der Waals surface area contributed by atoms with Gasteiger partial charge in [-0.1, -0.05) is 161 Å². The van der Waals surface area contributed by atoms with Crippen LogP contribution in [0.1, 0.15) is 72.5 Å². The van der Waals surface area contributed by atoms with Gasteiger partial charge in [-0.25, -0.2) is 0 Å². The van der Waals surface area contributed by atoms with Gasteiger partial charge in [-0.05, 0) is 209 Å². The quantitative estimate of drug-likeness (QED) is 0.156. The summed E-state index contributed by atoms with van der Waals surface area (Å²) in [5.74, 6) is 0. The molecule has 0 radical (unpaired) electrons. The van der Waals surface area contributed by atoms with E-state index in [2.05, 4.69) is 259 Å². The molecule has 2 heterocycles. The molecule has 2 aromatic heterocycles. The first kappa shape index (κ1) is 43.2. The zero-order valence-electron chi connectivity index (χ0n) is 43.4. The monoisotopic (exact) mass is 948 g/mol. The number of aromatic nitrogens is 2. The second-order valence-electron chi connectivity index (χ2n) is 22.6. The Bertz CT molecular complexity index is 4340. The largest absolute Gasteiger partial charge is 0.314 e. The van der Waals surface area contributed by atoms with Gasteiger partial charge in [-0.2, -0.15) is 0 Å². The van der Waals surface area contributed by atoms with Crippen LogP contribution in [-0.4, -0.2) is 9.13 Å². The van der Waals surface area contributed by atoms with E-state index in [0.29, 0.717) is 0 Å². The Kier molecular flexibility index (Phi) is 8.78. The molecule has 0 spiro atoms. The van der Waals surface area contributed by atoms with Crippen molar-refractivity contribution in [2.75, 3.05) is 0 Å². The molecule has 0 fully saturated rings. The third kappa shape index (κ3) is 5.77. The Morgan fingerprint density at radius 3 is 1.09 bits per heavy atom. The molecule has 2 aliphatic rings. The highest BCUT2D eigenvalue weighted by Crippen LogP contribution is 2.53. The standard InChI is InChI=1S/C72H56N2/c1-41-43(3)73(51-29-31-55-53-21-13-15-23-63(53)71(5,6)65(55)35-51)67-39-61-59(37-57(41)67)69(49-27-25-45-17-9-11-19-47(45)33-49)62-40-68-58(38-60(62)70(61)50-28-26-46-18-10-12-20-48(46)34-50)42(2)44(4)74(68)52-30-32-56-54-22-14-16-24-64(54)72(7,8)66(56)36-52/h9-40H,1-8H3. The van der Waals surface area contributed by atoms with Gasteiger partial charge in [0.1, 0.15) is 0 Å². The highest BCUT2D eigenvalue weighted by atomic mass is 15.0. The van der Waals surface area contributed by atoms with Crippen LogP contribution in [0.2, 0.25) is 0 Å². The fraction of sp³-hybridized carbons (Fsp3) is 0.139. The maximum absolute atomic E-state index is 2.55. The Balaban J connectivity index is 1.07. The number of rotatable bonds is 4. The van der Waals surface area contributed by atoms with Crippen molar-refractivity contribution >= 4 is 64.9 Å². The van der Waals surface area contributed by atoms with Gasteiger partial charge >= 0.3 is 0 Å². The van der Waals surface area contributed by atoms with E-state index in [1.165, 1.54) is 166 Å². The van der Waals surface area contributed by atoms with Gasteiger partial charge in [0.15, 0.2) is 0 Å². The summed E-state index contributed by atoms with van der Waals surface area (Å²) in [5, 5.41) is 12.6. The van der Waals surface area contributed by atoms with Crippen LogP contribution in [0.15, 0.2) is 194 Å². The van der Waals surface area contributed by atoms with Crippen molar-refractivity contribution in [2.24, 2.45) is 0 Å². The van der Waals surface area contributed by atoms with Crippen LogP contribution >= 0.6 is 0 Å². The predicted octanol–water partition coefficient (Wildman–Crippen LogP) is 19.4. The lowest BCUT2D eigenvalue weighted by molar-refractivity contribution is 0.659. The van der Waals surface area contributed by atoms with E-state index in [0.717, 1.165) is 0 Å². The van der Waals surface area contributed by atoms with E-state index in [1.807, 2.05) is 0 Å². The highest BCUT2D eigenvalue weighted by molar-refractivity contribution is 6.26. The van der Waals surface area contributed by atoms with Gasteiger partial charge in [0.05, 0.1) is 11.0 Å². The summed E-state index contributed by atoms with van der Waals surface area (Å²) in [7, 11) is 0. The van der Waals surface area contributed by atoms with E-state index in [-0.39, 0.29) is 10.8 Å². The molecule has 15 rings (SSSR count). The lowest BCUT2D eigenvalue weighted by atomic mass is 9.82. The van der Waals surface area contributed by atoms with Crippen molar-refractivity contribution in [3.8, 4) is 55.9 Å². The molecule has 0 amide bonds. The molecule has 354 valence electrons. The third-order valence-electron chi connectivity index (χ3n) is 18.1. The number of fused-ring (bicyclic) bond motifs is 12. The molecule has 0 unspecified atom stereocenters. The normalized spacial score (nSPS) is 14.2. The van der Waals surface area contributed by atoms with Crippen LogP contribution in [0.4, 0.5) is 0 Å². The minimum atomic E-state index is -0.110. The molecule has 11 aromatic carbocycles. The van der Waals surface area contributed by atoms with Crippen molar-refractivity contribution in [1.82, 2.24) is 9.13 Å². The van der Waals surface area contributed by atoms with Gasteiger partial charge in [0.25, 0.3) is 0 Å². The number of aryl methyl sites for hydroxylation is 2. The first-order chi connectivity index (χ1) is 35.9. The number of nitrogens with zero attached hydrogens (tertiary/aromatic N) is 2. The fourth-order valence-electron chi connectivity index (χ4n) is 14.0. The molecule has 0 N–H and O–H groups in total. The summed E-state index contributed by atoms with van der Waals surface area (Å²) in [6.07, 6.45) is 0. The van der Waals surface area contributed by atoms with Crippen LogP contribution in [0.25, 0.3) is 121 Å². The second kappa shape index (κ2) is 15.1. The SMILES string of the molecule is Cc1c(C)n(-c2ccc3c(c2)C(C)(C)c2ccccc2-3)c2cc3c(-c4ccc5ccccc5c4)c4cc5c(C)c(C)n(-c6ccc7c(c6)C(C)(C)c6ccccc6-7)c5cc4c(-c4ccc5ccccc5c4)c3cc12. The first-order valence-corrected chi connectivity index (χ1v) is 26.4. The lowest BCUT2D eigenvalue weighted by Gasteiger charge is -2.23. The lowest BCUT2D eigenvalue weighted by Crippen LogP contribution is -2.15. The number of hydrogen-bond acceptors (Lipinski definition) is 0. The molecule has 0 saturated heterocycles. The van der Waals surface area contributed by atoms with E-state index >= 15 is 0 Å². The van der Waals surface area contributed by atoms with Gasteiger partial charge in [0.2, 0.25) is 0 Å². The average molecular weight is 949 g/mol. The number of benzene rings is 11. The van der Waals surface area contributed by atoms with Crippen molar-refractivity contribution in [1.29, 1.82) is 0 Å². The maximum Gasteiger partial charge on any atom is 0.0540 e. The van der Waals surface area contributed by atoms with Gasteiger partial charge in [-0.15, -0.1) is 0 Å². The topological polar surface area (TPSA) is 9.86 Å². The molecule has 0 saturated carbocycles. The molecular formula is C72H56N2. The fourth-order valence-corrected chi connectivity index (χ4v) is 14.0. The number of hydrogen-bond donors (Lipinski definition) is 0. The van der Waals surface area contributed by atoms with E-state index < -0.39 is 0 Å². The zero-order valence-corrected chi connectivity index (χ0v) is 43.4. The molecule has 0 aliphatic heterocycles. The summed E-state index contributed by atoms with van der Waals surface area (Å²) in [4.78, 5) is 0. The van der Waals surface area contributed by atoms with Gasteiger partial charge in [-0.3, -0.25) is 0 Å². The average Bonchev–Trinajstić information content (AvgIpc) is 4.02. The van der Waals surface area contributed by atoms with Crippen molar-refractivity contribution < 1.29 is 0 Å². The first-order valence-electron chi connectivity index (χ1n) is 26.4. The molecule has 0 bridgehead atoms. The summed E-state index contributed by atoms with van der Waals surface area (Å²) in [6, 6.07) is 74.3.